The molecule has 2 N–H and O–H groups in total. The van der Waals surface area contributed by atoms with E-state index < -0.39 is 11.8 Å². The normalized spacial score (nSPS) is 10.8. The maximum Gasteiger partial charge on any atom is 0.288 e. The topological polar surface area (TPSA) is 97.6 Å². The maximum atomic E-state index is 12.6. The van der Waals surface area contributed by atoms with Gasteiger partial charge in [0, 0.05) is 6.20 Å². The highest BCUT2D eigenvalue weighted by Gasteiger charge is 2.19. The van der Waals surface area contributed by atoms with Crippen LogP contribution in [-0.4, -0.2) is 26.2 Å². The Kier molecular flexibility index (Phi) is 5.68. The number of nitrogens with one attached hydrogen (secondary N) is 2. The molecule has 1 aromatic carbocycles. The van der Waals surface area contributed by atoms with E-state index >= 15 is 0 Å². The summed E-state index contributed by atoms with van der Waals surface area (Å²) < 4.78 is 7.41. The van der Waals surface area contributed by atoms with Crippen molar-refractivity contribution in [3.8, 4) is 5.75 Å². The van der Waals surface area contributed by atoms with Crippen molar-refractivity contribution in [3.63, 3.8) is 0 Å². The Balaban J connectivity index is 1.40. The summed E-state index contributed by atoms with van der Waals surface area (Å²) in [7, 11) is 0. The van der Waals surface area contributed by atoms with Gasteiger partial charge >= 0.3 is 0 Å². The molecular formula is C22H21N5O3S. The van der Waals surface area contributed by atoms with Gasteiger partial charge in [0.05, 0.1) is 11.4 Å². The smallest absolute Gasteiger partial charge is 0.288 e. The van der Waals surface area contributed by atoms with E-state index in [0.29, 0.717) is 32.6 Å². The molecule has 4 aromatic rings. The summed E-state index contributed by atoms with van der Waals surface area (Å²) in [5, 5.41) is 0.673. The minimum absolute atomic E-state index is 0.259. The van der Waals surface area contributed by atoms with Crippen LogP contribution in [0.25, 0.3) is 5.65 Å². The third kappa shape index (κ3) is 4.41. The molecule has 158 valence electrons. The number of nitrogens with zero attached hydrogens (tertiary/aromatic N) is 3. The number of hydrogen-bond acceptors (Lipinski definition) is 6. The Morgan fingerprint density at radius 1 is 0.968 bits per heavy atom. The molecule has 3 aromatic heterocycles. The fraction of sp³-hybridized carbons (Fsp3) is 0.182. The highest BCUT2D eigenvalue weighted by atomic mass is 32.1. The van der Waals surface area contributed by atoms with E-state index in [1.165, 1.54) is 11.3 Å². The van der Waals surface area contributed by atoms with Crippen molar-refractivity contribution in [1.82, 2.24) is 25.2 Å². The number of rotatable bonds is 5. The zero-order chi connectivity index (χ0) is 22.0. The zero-order valence-corrected chi connectivity index (χ0v) is 18.1. The molecule has 4 rings (SSSR count). The van der Waals surface area contributed by atoms with Crippen LogP contribution < -0.4 is 15.6 Å². The number of carbonyl (C=O) groups is 2. The molecule has 3 heterocycles. The first-order valence-corrected chi connectivity index (χ1v) is 10.4. The number of thiazole rings is 1. The summed E-state index contributed by atoms with van der Waals surface area (Å²) in [6.45, 7) is 5.76. The van der Waals surface area contributed by atoms with Crippen LogP contribution in [-0.2, 0) is 6.61 Å². The van der Waals surface area contributed by atoms with Crippen LogP contribution >= 0.6 is 11.3 Å². The van der Waals surface area contributed by atoms with Crippen LogP contribution in [0.15, 0.2) is 48.7 Å². The number of hydrazine groups is 1. The van der Waals surface area contributed by atoms with Crippen molar-refractivity contribution in [2.45, 2.75) is 27.4 Å². The fourth-order valence-corrected chi connectivity index (χ4v) is 3.99. The molecular weight excluding hydrogens is 414 g/mol. The van der Waals surface area contributed by atoms with E-state index in [-0.39, 0.29) is 6.61 Å². The Labute approximate surface area is 182 Å². The number of carbonyl (C=O) groups excluding carboxylic acids is 2. The van der Waals surface area contributed by atoms with Crippen LogP contribution in [0.2, 0.25) is 0 Å². The lowest BCUT2D eigenvalue weighted by molar-refractivity contribution is 0.0844. The standard InChI is InChI=1S/C22H21N5O3S/c1-13-7-9-16(10-8-13)30-12-18-24-15(3)20(31-18)22(29)26-25-21(28)19-14(2)23-17-6-4-5-11-27(17)19/h4-11H,12H2,1-3H3,(H,25,28)(H,26,29). The average Bonchev–Trinajstić information content (AvgIpc) is 3.30. The maximum absolute atomic E-state index is 12.6. The summed E-state index contributed by atoms with van der Waals surface area (Å²) in [5.41, 5.74) is 8.25. The van der Waals surface area contributed by atoms with E-state index in [1.807, 2.05) is 49.4 Å². The second-order valence-corrected chi connectivity index (χ2v) is 8.09. The van der Waals surface area contributed by atoms with Gasteiger partial charge in [0.15, 0.2) is 0 Å². The fourth-order valence-electron chi connectivity index (χ4n) is 3.12. The second-order valence-electron chi connectivity index (χ2n) is 7.01. The van der Waals surface area contributed by atoms with Gasteiger partial charge in [-0.2, -0.15) is 0 Å². The van der Waals surface area contributed by atoms with Gasteiger partial charge in [0.2, 0.25) is 0 Å². The van der Waals surface area contributed by atoms with Crippen LogP contribution in [0.4, 0.5) is 0 Å². The summed E-state index contributed by atoms with van der Waals surface area (Å²) >= 11 is 1.23. The molecule has 0 unspecified atom stereocenters. The number of pyridine rings is 1. The Morgan fingerprint density at radius 3 is 2.48 bits per heavy atom. The highest BCUT2D eigenvalue weighted by molar-refractivity contribution is 7.13. The number of aromatic nitrogens is 3. The highest BCUT2D eigenvalue weighted by Crippen LogP contribution is 2.20. The minimum Gasteiger partial charge on any atom is -0.486 e. The number of benzene rings is 1. The molecule has 0 aliphatic rings. The first-order valence-electron chi connectivity index (χ1n) is 9.62. The van der Waals surface area contributed by atoms with Gasteiger partial charge in [-0.1, -0.05) is 23.8 Å². The lowest BCUT2D eigenvalue weighted by Crippen LogP contribution is -2.42. The number of imidazole rings is 1. The minimum atomic E-state index is -0.449. The zero-order valence-electron chi connectivity index (χ0n) is 17.3. The SMILES string of the molecule is Cc1ccc(OCc2nc(C)c(C(=O)NNC(=O)c3c(C)nc4ccccn34)s2)cc1. The average molecular weight is 436 g/mol. The third-order valence-corrected chi connectivity index (χ3v) is 5.77. The monoisotopic (exact) mass is 435 g/mol. The lowest BCUT2D eigenvalue weighted by atomic mass is 10.2. The van der Waals surface area contributed by atoms with E-state index in [4.69, 9.17) is 4.74 Å². The molecule has 0 spiro atoms. The summed E-state index contributed by atoms with van der Waals surface area (Å²) in [4.78, 5) is 34.4. The Morgan fingerprint density at radius 2 is 1.71 bits per heavy atom. The summed E-state index contributed by atoms with van der Waals surface area (Å²) in [6, 6.07) is 13.2. The van der Waals surface area contributed by atoms with Crippen LogP contribution in [0, 0.1) is 20.8 Å². The Bertz CT molecular complexity index is 1260. The quantitative estimate of drug-likeness (QED) is 0.469. The van der Waals surface area contributed by atoms with Gasteiger partial charge in [-0.3, -0.25) is 24.8 Å². The largest absolute Gasteiger partial charge is 0.486 e. The van der Waals surface area contributed by atoms with E-state index in [2.05, 4.69) is 20.8 Å². The van der Waals surface area contributed by atoms with Crippen LogP contribution in [0.3, 0.4) is 0 Å². The number of aryl methyl sites for hydroxylation is 3. The molecule has 0 aliphatic carbocycles. The molecule has 0 aliphatic heterocycles. The van der Waals surface area contributed by atoms with Crippen molar-refractivity contribution in [1.29, 1.82) is 0 Å². The predicted octanol–water partition coefficient (Wildman–Crippen LogP) is 3.37. The van der Waals surface area contributed by atoms with E-state index in [9.17, 15) is 9.59 Å². The van der Waals surface area contributed by atoms with Gasteiger partial charge in [-0.15, -0.1) is 11.3 Å². The van der Waals surface area contributed by atoms with Gasteiger partial charge < -0.3 is 4.74 Å². The number of amides is 2. The van der Waals surface area contributed by atoms with Gasteiger partial charge in [0.25, 0.3) is 11.8 Å². The van der Waals surface area contributed by atoms with Gasteiger partial charge in [0.1, 0.15) is 33.6 Å². The van der Waals surface area contributed by atoms with E-state index in [1.54, 1.807) is 24.4 Å². The number of ether oxygens (including phenoxy) is 1. The number of fused-ring (bicyclic) bond motifs is 1. The molecule has 8 nitrogen and oxygen atoms in total. The molecule has 0 fully saturated rings. The molecule has 0 radical (unpaired) electrons. The molecule has 0 saturated carbocycles. The summed E-state index contributed by atoms with van der Waals surface area (Å²) in [6.07, 6.45) is 1.75. The Hall–Kier alpha value is -3.72. The van der Waals surface area contributed by atoms with E-state index in [0.717, 1.165) is 11.3 Å². The molecule has 0 saturated heterocycles. The molecule has 2 amide bonds. The first-order chi connectivity index (χ1) is 14.9. The molecule has 9 heteroatoms. The van der Waals surface area contributed by atoms with Gasteiger partial charge in [-0.05, 0) is 45.0 Å². The van der Waals surface area contributed by atoms with Crippen LogP contribution in [0.5, 0.6) is 5.75 Å². The van der Waals surface area contributed by atoms with Crippen molar-refractivity contribution < 1.29 is 14.3 Å². The van der Waals surface area contributed by atoms with Crippen molar-refractivity contribution in [2.75, 3.05) is 0 Å². The lowest BCUT2D eigenvalue weighted by Gasteiger charge is -2.07. The molecule has 0 atom stereocenters. The molecule has 0 bridgehead atoms. The van der Waals surface area contributed by atoms with Crippen molar-refractivity contribution >= 4 is 28.8 Å². The molecule has 31 heavy (non-hydrogen) atoms. The summed E-state index contributed by atoms with van der Waals surface area (Å²) in [5.74, 6) is -0.147. The van der Waals surface area contributed by atoms with Crippen molar-refractivity contribution in [2.24, 2.45) is 0 Å². The predicted molar refractivity (Wildman–Crippen MR) is 117 cm³/mol. The van der Waals surface area contributed by atoms with Gasteiger partial charge in [-0.25, -0.2) is 9.97 Å². The van der Waals surface area contributed by atoms with Crippen molar-refractivity contribution in [3.05, 3.63) is 81.2 Å². The first kappa shape index (κ1) is 20.5. The third-order valence-electron chi connectivity index (χ3n) is 4.64. The van der Waals surface area contributed by atoms with Crippen LogP contribution in [0.1, 0.15) is 42.1 Å². The second kappa shape index (κ2) is 8.57. The number of hydrogen-bond donors (Lipinski definition) is 2.